The Kier molecular flexibility index (Phi) is 9.58. The highest BCUT2D eigenvalue weighted by Crippen LogP contribution is 2.20. The Morgan fingerprint density at radius 1 is 1.06 bits per heavy atom. The van der Waals surface area contributed by atoms with E-state index in [0.717, 1.165) is 21.1 Å². The number of carboxylic acid groups (broad SMARTS) is 1. The number of esters is 2. The molecule has 1 aromatic rings. The normalized spacial score (nSPS) is 13.5. The van der Waals surface area contributed by atoms with Crippen LogP contribution in [-0.2, 0) is 39.9 Å². The van der Waals surface area contributed by atoms with Gasteiger partial charge < -0.3 is 25.2 Å². The maximum absolute atomic E-state index is 13.5. The molecule has 0 aliphatic heterocycles. The van der Waals surface area contributed by atoms with Crippen LogP contribution >= 0.6 is 0 Å². The van der Waals surface area contributed by atoms with Gasteiger partial charge in [0.25, 0.3) is 0 Å². The van der Waals surface area contributed by atoms with Gasteiger partial charge in [0.1, 0.15) is 17.9 Å². The second-order valence-electron chi connectivity index (χ2n) is 6.79. The van der Waals surface area contributed by atoms with Crippen molar-refractivity contribution in [1.29, 1.82) is 0 Å². The van der Waals surface area contributed by atoms with Gasteiger partial charge in [0, 0.05) is 19.3 Å². The fourth-order valence-corrected chi connectivity index (χ4v) is 3.00. The predicted molar refractivity (Wildman–Crippen MR) is 104 cm³/mol. The lowest BCUT2D eigenvalue weighted by Crippen LogP contribution is -2.56. The van der Waals surface area contributed by atoms with Crippen LogP contribution < -0.4 is 10.6 Å². The number of amides is 2. The summed E-state index contributed by atoms with van der Waals surface area (Å²) in [5.41, 5.74) is 0.385. The van der Waals surface area contributed by atoms with Crippen molar-refractivity contribution in [3.8, 4) is 0 Å². The average molecular weight is 440 g/mol. The van der Waals surface area contributed by atoms with Gasteiger partial charge in [-0.05, 0) is 17.7 Å². The lowest BCUT2D eigenvalue weighted by molar-refractivity contribution is -0.163. The van der Waals surface area contributed by atoms with Crippen LogP contribution in [0.2, 0.25) is 0 Å². The minimum Gasteiger partial charge on any atom is -0.480 e. The van der Waals surface area contributed by atoms with Gasteiger partial charge in [-0.1, -0.05) is 19.1 Å². The highest BCUT2D eigenvalue weighted by molar-refractivity contribution is 5.97. The van der Waals surface area contributed by atoms with Gasteiger partial charge in [0.05, 0.1) is 14.2 Å². The number of halogens is 1. The quantitative estimate of drug-likeness (QED) is 0.341. The number of aliphatic carboxylic acids is 1. The average Bonchev–Trinajstić information content (AvgIpc) is 2.70. The molecule has 0 aliphatic carbocycles. The van der Waals surface area contributed by atoms with Gasteiger partial charge in [-0.2, -0.15) is 0 Å². The molecule has 11 heteroatoms. The second-order valence-corrected chi connectivity index (χ2v) is 6.79. The van der Waals surface area contributed by atoms with Gasteiger partial charge in [-0.25, -0.2) is 9.18 Å². The van der Waals surface area contributed by atoms with Crippen LogP contribution in [0.5, 0.6) is 0 Å². The third kappa shape index (κ3) is 7.36. The van der Waals surface area contributed by atoms with E-state index in [4.69, 9.17) is 0 Å². The van der Waals surface area contributed by atoms with E-state index in [0.29, 0.717) is 5.56 Å². The Bertz CT molecular complexity index is 828. The number of methoxy groups -OCH3 is 2. The van der Waals surface area contributed by atoms with E-state index in [2.05, 4.69) is 20.1 Å². The molecule has 170 valence electrons. The number of ether oxygens (including phenoxy) is 2. The van der Waals surface area contributed by atoms with E-state index < -0.39 is 59.5 Å². The molecular formula is C20H25FN2O8. The molecule has 0 heterocycles. The van der Waals surface area contributed by atoms with Crippen LogP contribution in [-0.4, -0.2) is 61.1 Å². The molecule has 0 fully saturated rings. The highest BCUT2D eigenvalue weighted by atomic mass is 19.1. The first-order valence-electron chi connectivity index (χ1n) is 9.22. The summed E-state index contributed by atoms with van der Waals surface area (Å²) >= 11 is 0. The van der Waals surface area contributed by atoms with E-state index in [-0.39, 0.29) is 6.42 Å². The molecule has 10 nitrogen and oxygen atoms in total. The molecule has 0 spiro atoms. The number of benzene rings is 1. The number of rotatable bonds is 10. The zero-order chi connectivity index (χ0) is 23.7. The monoisotopic (exact) mass is 440 g/mol. The first kappa shape index (κ1) is 25.5. The van der Waals surface area contributed by atoms with Crippen LogP contribution in [0.1, 0.15) is 19.4 Å². The first-order valence-corrected chi connectivity index (χ1v) is 9.22. The molecule has 1 aromatic carbocycles. The van der Waals surface area contributed by atoms with Crippen molar-refractivity contribution in [3.05, 3.63) is 35.6 Å². The summed E-state index contributed by atoms with van der Waals surface area (Å²) in [6.45, 7) is 2.42. The van der Waals surface area contributed by atoms with Gasteiger partial charge in [0.2, 0.25) is 11.8 Å². The Morgan fingerprint density at radius 2 is 1.65 bits per heavy atom. The van der Waals surface area contributed by atoms with Crippen molar-refractivity contribution in [1.82, 2.24) is 10.6 Å². The zero-order valence-electron chi connectivity index (χ0n) is 17.5. The molecule has 0 radical (unpaired) electrons. The molecule has 0 aliphatic rings. The Morgan fingerprint density at radius 3 is 2.10 bits per heavy atom. The molecule has 3 N–H and O–H groups in total. The lowest BCUT2D eigenvalue weighted by Gasteiger charge is -2.27. The summed E-state index contributed by atoms with van der Waals surface area (Å²) in [7, 11) is 2.04. The third-order valence-electron chi connectivity index (χ3n) is 4.55. The van der Waals surface area contributed by atoms with Crippen molar-refractivity contribution in [3.63, 3.8) is 0 Å². The van der Waals surface area contributed by atoms with Crippen LogP contribution in [0.25, 0.3) is 0 Å². The van der Waals surface area contributed by atoms with Crippen LogP contribution in [0.3, 0.4) is 0 Å². The first-order chi connectivity index (χ1) is 14.5. The summed E-state index contributed by atoms with van der Waals surface area (Å²) in [6, 6.07) is 2.41. The molecule has 2 amide bonds. The van der Waals surface area contributed by atoms with E-state index >= 15 is 0 Å². The molecule has 0 aromatic heterocycles. The number of hydrogen-bond donors (Lipinski definition) is 3. The fraction of sp³-hybridized carbons (Fsp3) is 0.450. The lowest BCUT2D eigenvalue weighted by atomic mass is 9.87. The number of hydrogen-bond acceptors (Lipinski definition) is 7. The van der Waals surface area contributed by atoms with Gasteiger partial charge >= 0.3 is 17.9 Å². The maximum Gasteiger partial charge on any atom is 0.326 e. The van der Waals surface area contributed by atoms with Crippen LogP contribution in [0, 0.1) is 17.7 Å². The Balaban J connectivity index is 3.14. The summed E-state index contributed by atoms with van der Waals surface area (Å²) < 4.78 is 22.5. The van der Waals surface area contributed by atoms with Crippen molar-refractivity contribution in [2.24, 2.45) is 11.8 Å². The third-order valence-corrected chi connectivity index (χ3v) is 4.55. The Labute approximate surface area is 178 Å². The summed E-state index contributed by atoms with van der Waals surface area (Å²) in [5.74, 6) is -8.46. The molecule has 0 bridgehead atoms. The molecule has 0 saturated carbocycles. The minimum absolute atomic E-state index is 0.124. The zero-order valence-corrected chi connectivity index (χ0v) is 17.5. The summed E-state index contributed by atoms with van der Waals surface area (Å²) in [6.07, 6.45) is -0.124. The standard InChI is InChI=1S/C20H25FN2O8/c1-10(15(19(28)30-3)20(29)31-4)16(18(26)27)23-17(25)14(22-11(2)24)9-12-6-5-7-13(21)8-12/h5-8,10,14-16H,9H2,1-4H3,(H,22,24)(H,23,25)(H,26,27)/t10-,14-,16-/m0/s1. The predicted octanol–water partition coefficient (Wildman–Crippen LogP) is 0.0406. The van der Waals surface area contributed by atoms with Gasteiger partial charge in [0.15, 0.2) is 5.92 Å². The molecule has 0 unspecified atom stereocenters. The molecular weight excluding hydrogens is 415 g/mol. The fourth-order valence-electron chi connectivity index (χ4n) is 3.00. The van der Waals surface area contributed by atoms with E-state index in [1.54, 1.807) is 0 Å². The van der Waals surface area contributed by atoms with Crippen molar-refractivity contribution in [2.75, 3.05) is 14.2 Å². The summed E-state index contributed by atoms with van der Waals surface area (Å²) in [5, 5.41) is 14.2. The topological polar surface area (TPSA) is 148 Å². The van der Waals surface area contributed by atoms with E-state index in [1.807, 2.05) is 0 Å². The smallest absolute Gasteiger partial charge is 0.326 e. The molecule has 3 atom stereocenters. The molecule has 0 saturated heterocycles. The largest absolute Gasteiger partial charge is 0.480 e. The number of carbonyl (C=O) groups is 5. The van der Waals surface area contributed by atoms with Crippen molar-refractivity contribution < 1.29 is 42.9 Å². The number of carbonyl (C=O) groups excluding carboxylic acids is 4. The van der Waals surface area contributed by atoms with Gasteiger partial charge in [-0.3, -0.25) is 19.2 Å². The van der Waals surface area contributed by atoms with Crippen LogP contribution in [0.15, 0.2) is 24.3 Å². The highest BCUT2D eigenvalue weighted by Gasteiger charge is 2.42. The Hall–Kier alpha value is -3.50. The minimum atomic E-state index is -1.69. The molecule has 31 heavy (non-hydrogen) atoms. The maximum atomic E-state index is 13.5. The van der Waals surface area contributed by atoms with E-state index in [9.17, 15) is 33.5 Å². The van der Waals surface area contributed by atoms with Crippen molar-refractivity contribution in [2.45, 2.75) is 32.4 Å². The van der Waals surface area contributed by atoms with Crippen LogP contribution in [0.4, 0.5) is 4.39 Å². The second kappa shape index (κ2) is 11.6. The SMILES string of the molecule is COC(=O)C(C(=O)OC)[C@H](C)[C@H](NC(=O)[C@H](Cc1cccc(F)c1)NC(C)=O)C(=O)O. The summed E-state index contributed by atoms with van der Waals surface area (Å²) in [4.78, 5) is 60.1. The van der Waals surface area contributed by atoms with Gasteiger partial charge in [-0.15, -0.1) is 0 Å². The van der Waals surface area contributed by atoms with Crippen molar-refractivity contribution >= 4 is 29.7 Å². The number of carboxylic acids is 1. The van der Waals surface area contributed by atoms with E-state index in [1.165, 1.54) is 31.2 Å². The number of nitrogens with one attached hydrogen (secondary N) is 2. The molecule has 1 rings (SSSR count).